The minimum absolute atomic E-state index is 0.174. The molecule has 1 aromatic rings. The first-order chi connectivity index (χ1) is 7.61. The molecule has 0 aliphatic heterocycles. The third kappa shape index (κ3) is 2.25. The topological polar surface area (TPSA) is 82.7 Å². The number of rotatable bonds is 5. The lowest BCUT2D eigenvalue weighted by Crippen LogP contribution is -2.46. The third-order valence-corrected chi connectivity index (χ3v) is 3.00. The van der Waals surface area contributed by atoms with E-state index < -0.39 is 11.6 Å². The largest absolute Gasteiger partial charge is 0.478 e. The van der Waals surface area contributed by atoms with Crippen LogP contribution in [0.2, 0.25) is 0 Å². The second-order valence-electron chi connectivity index (χ2n) is 4.24. The molecule has 0 radical (unpaired) electrons. The Hall–Kier alpha value is -1.33. The Morgan fingerprint density at radius 3 is 2.88 bits per heavy atom. The van der Waals surface area contributed by atoms with Crippen molar-refractivity contribution in [3.63, 3.8) is 0 Å². The van der Waals surface area contributed by atoms with E-state index in [-0.39, 0.29) is 5.56 Å². The maximum atomic E-state index is 10.8. The lowest BCUT2D eigenvalue weighted by molar-refractivity contribution is -0.0317. The summed E-state index contributed by atoms with van der Waals surface area (Å²) in [6.07, 6.45) is 4.03. The average molecular weight is 225 g/mol. The molecule has 3 N–H and O–H groups in total. The Labute approximate surface area is 93.1 Å². The van der Waals surface area contributed by atoms with Crippen molar-refractivity contribution in [3.8, 4) is 0 Å². The Balaban J connectivity index is 1.85. The molecule has 0 unspecified atom stereocenters. The van der Waals surface area contributed by atoms with Gasteiger partial charge < -0.3 is 19.9 Å². The van der Waals surface area contributed by atoms with Crippen molar-refractivity contribution in [2.45, 2.75) is 31.4 Å². The van der Waals surface area contributed by atoms with E-state index in [9.17, 15) is 9.90 Å². The molecule has 0 aromatic carbocycles. The molecular formula is C11H15NO4. The summed E-state index contributed by atoms with van der Waals surface area (Å²) in [6, 6.07) is 1.43. The molecule has 88 valence electrons. The van der Waals surface area contributed by atoms with Gasteiger partial charge in [-0.05, 0) is 25.3 Å². The first-order valence-electron chi connectivity index (χ1n) is 5.33. The normalized spacial score (nSPS) is 18.1. The van der Waals surface area contributed by atoms with Crippen LogP contribution in [0.1, 0.15) is 35.4 Å². The summed E-state index contributed by atoms with van der Waals surface area (Å²) in [5, 5.41) is 21.7. The lowest BCUT2D eigenvalue weighted by atomic mass is 9.80. The molecule has 5 heteroatoms. The minimum atomic E-state index is -0.993. The molecule has 0 atom stereocenters. The zero-order valence-electron chi connectivity index (χ0n) is 8.90. The predicted molar refractivity (Wildman–Crippen MR) is 56.2 cm³/mol. The number of carboxylic acids is 1. The SMILES string of the molecule is O=C(O)c1ccoc1CNCC1(O)CCC1. The standard InChI is InChI=1S/C11H15NO4/c13-10(14)8-2-5-16-9(8)6-12-7-11(15)3-1-4-11/h2,5,12,15H,1,3-4,6-7H2,(H,13,14). The summed E-state index contributed by atoms with van der Waals surface area (Å²) in [5.74, 6) is -0.594. The van der Waals surface area contributed by atoms with Gasteiger partial charge in [0.15, 0.2) is 0 Å². The van der Waals surface area contributed by atoms with E-state index in [2.05, 4.69) is 5.32 Å². The van der Waals surface area contributed by atoms with Gasteiger partial charge in [0, 0.05) is 6.54 Å². The Kier molecular flexibility index (Phi) is 2.98. The van der Waals surface area contributed by atoms with E-state index in [1.165, 1.54) is 12.3 Å². The maximum absolute atomic E-state index is 10.8. The molecule has 0 bridgehead atoms. The second-order valence-corrected chi connectivity index (χ2v) is 4.24. The van der Waals surface area contributed by atoms with Crippen LogP contribution in [-0.2, 0) is 6.54 Å². The van der Waals surface area contributed by atoms with Gasteiger partial charge in [0.25, 0.3) is 0 Å². The monoisotopic (exact) mass is 225 g/mol. The summed E-state index contributed by atoms with van der Waals surface area (Å²) in [4.78, 5) is 10.8. The van der Waals surface area contributed by atoms with E-state index in [0.29, 0.717) is 18.8 Å². The fourth-order valence-corrected chi connectivity index (χ4v) is 1.84. The van der Waals surface area contributed by atoms with Gasteiger partial charge in [-0.3, -0.25) is 0 Å². The third-order valence-electron chi connectivity index (χ3n) is 3.00. The van der Waals surface area contributed by atoms with Crippen LogP contribution in [0.4, 0.5) is 0 Å². The molecule has 0 spiro atoms. The van der Waals surface area contributed by atoms with Crippen LogP contribution in [-0.4, -0.2) is 28.3 Å². The second kappa shape index (κ2) is 4.27. The molecule has 16 heavy (non-hydrogen) atoms. The number of nitrogens with one attached hydrogen (secondary N) is 1. The summed E-state index contributed by atoms with van der Waals surface area (Å²) >= 11 is 0. The van der Waals surface area contributed by atoms with Crippen molar-refractivity contribution < 1.29 is 19.4 Å². The van der Waals surface area contributed by atoms with Crippen LogP contribution in [0, 0.1) is 0 Å². The van der Waals surface area contributed by atoms with Crippen molar-refractivity contribution in [2.75, 3.05) is 6.54 Å². The van der Waals surface area contributed by atoms with Crippen LogP contribution in [0.3, 0.4) is 0 Å². The van der Waals surface area contributed by atoms with E-state index >= 15 is 0 Å². The fourth-order valence-electron chi connectivity index (χ4n) is 1.84. The van der Waals surface area contributed by atoms with E-state index in [0.717, 1.165) is 19.3 Å². The van der Waals surface area contributed by atoms with Gasteiger partial charge in [0.1, 0.15) is 11.3 Å². The van der Waals surface area contributed by atoms with Gasteiger partial charge in [-0.1, -0.05) is 0 Å². The van der Waals surface area contributed by atoms with Crippen LogP contribution in [0.15, 0.2) is 16.7 Å². The molecule has 2 rings (SSSR count). The zero-order chi connectivity index (χ0) is 11.6. The lowest BCUT2D eigenvalue weighted by Gasteiger charge is -2.36. The molecule has 0 saturated heterocycles. The summed E-state index contributed by atoms with van der Waals surface area (Å²) in [7, 11) is 0. The molecule has 1 aliphatic carbocycles. The first-order valence-corrected chi connectivity index (χ1v) is 5.33. The van der Waals surface area contributed by atoms with Crippen molar-refractivity contribution in [3.05, 3.63) is 23.7 Å². The molecule has 1 saturated carbocycles. The van der Waals surface area contributed by atoms with Gasteiger partial charge >= 0.3 is 5.97 Å². The molecule has 1 heterocycles. The number of aliphatic hydroxyl groups is 1. The molecule has 5 nitrogen and oxygen atoms in total. The number of hydrogen-bond donors (Lipinski definition) is 3. The fraction of sp³-hybridized carbons (Fsp3) is 0.545. The minimum Gasteiger partial charge on any atom is -0.478 e. The van der Waals surface area contributed by atoms with Gasteiger partial charge in [-0.25, -0.2) is 4.79 Å². The van der Waals surface area contributed by atoms with Gasteiger partial charge in [-0.2, -0.15) is 0 Å². The molecule has 1 aliphatic rings. The molecular weight excluding hydrogens is 210 g/mol. The highest BCUT2D eigenvalue weighted by molar-refractivity contribution is 5.88. The first kappa shape index (κ1) is 11.2. The number of carboxylic acid groups (broad SMARTS) is 1. The average Bonchev–Trinajstić information content (AvgIpc) is 2.63. The van der Waals surface area contributed by atoms with E-state index in [1.807, 2.05) is 0 Å². The van der Waals surface area contributed by atoms with E-state index in [4.69, 9.17) is 9.52 Å². The summed E-state index contributed by atoms with van der Waals surface area (Å²) < 4.78 is 5.07. The summed E-state index contributed by atoms with van der Waals surface area (Å²) in [6.45, 7) is 0.809. The van der Waals surface area contributed by atoms with Gasteiger partial charge in [-0.15, -0.1) is 0 Å². The van der Waals surface area contributed by atoms with Crippen LogP contribution >= 0.6 is 0 Å². The highest BCUT2D eigenvalue weighted by Gasteiger charge is 2.33. The number of carbonyl (C=O) groups is 1. The molecule has 1 fully saturated rings. The van der Waals surface area contributed by atoms with Crippen LogP contribution in [0.5, 0.6) is 0 Å². The number of hydrogen-bond acceptors (Lipinski definition) is 4. The Morgan fingerprint density at radius 2 is 2.31 bits per heavy atom. The number of aromatic carboxylic acids is 1. The van der Waals surface area contributed by atoms with Crippen molar-refractivity contribution in [2.24, 2.45) is 0 Å². The van der Waals surface area contributed by atoms with E-state index in [1.54, 1.807) is 0 Å². The van der Waals surface area contributed by atoms with Crippen LogP contribution < -0.4 is 5.32 Å². The Bertz CT molecular complexity index is 381. The van der Waals surface area contributed by atoms with Gasteiger partial charge in [0.2, 0.25) is 0 Å². The quantitative estimate of drug-likeness (QED) is 0.695. The zero-order valence-corrected chi connectivity index (χ0v) is 8.90. The smallest absolute Gasteiger partial charge is 0.339 e. The summed E-state index contributed by atoms with van der Waals surface area (Å²) in [5.41, 5.74) is -0.427. The molecule has 1 aromatic heterocycles. The van der Waals surface area contributed by atoms with Crippen LogP contribution in [0.25, 0.3) is 0 Å². The van der Waals surface area contributed by atoms with Crippen molar-refractivity contribution in [1.29, 1.82) is 0 Å². The van der Waals surface area contributed by atoms with Crippen molar-refractivity contribution in [1.82, 2.24) is 5.32 Å². The highest BCUT2D eigenvalue weighted by atomic mass is 16.4. The number of furan rings is 1. The predicted octanol–water partition coefficient (Wildman–Crippen LogP) is 0.982. The molecule has 0 amide bonds. The maximum Gasteiger partial charge on any atom is 0.339 e. The van der Waals surface area contributed by atoms with Gasteiger partial charge in [0.05, 0.1) is 18.4 Å². The Morgan fingerprint density at radius 1 is 1.56 bits per heavy atom. The van der Waals surface area contributed by atoms with Crippen molar-refractivity contribution >= 4 is 5.97 Å². The highest BCUT2D eigenvalue weighted by Crippen LogP contribution is 2.30.